The molecule has 10 heteroatoms. The summed E-state index contributed by atoms with van der Waals surface area (Å²) in [5, 5.41) is 0. The molecule has 1 saturated heterocycles. The van der Waals surface area contributed by atoms with Crippen molar-refractivity contribution in [1.82, 2.24) is 9.21 Å². The highest BCUT2D eigenvalue weighted by molar-refractivity contribution is 7.89. The molecule has 2 heterocycles. The Morgan fingerprint density at radius 2 is 1.75 bits per heavy atom. The van der Waals surface area contributed by atoms with E-state index < -0.39 is 15.9 Å². The molecule has 0 spiro atoms. The normalized spacial score (nSPS) is 18.7. The molecule has 2 aromatic carbocycles. The van der Waals surface area contributed by atoms with Gasteiger partial charge in [-0.1, -0.05) is 24.3 Å². The van der Waals surface area contributed by atoms with E-state index in [1.54, 1.807) is 54.5 Å². The summed E-state index contributed by atoms with van der Waals surface area (Å²) in [5.41, 5.74) is 0.939. The summed E-state index contributed by atoms with van der Waals surface area (Å²) in [4.78, 5) is 28.9. The molecule has 170 valence electrons. The van der Waals surface area contributed by atoms with Gasteiger partial charge in [0, 0.05) is 19.6 Å². The summed E-state index contributed by atoms with van der Waals surface area (Å²) in [5.74, 6) is -0.0344. The Morgan fingerprint density at radius 3 is 2.44 bits per heavy atom. The lowest BCUT2D eigenvalue weighted by Crippen LogP contribution is -2.48. The number of amides is 2. The highest BCUT2D eigenvalue weighted by Crippen LogP contribution is 2.32. The minimum absolute atomic E-state index is 0.00846. The van der Waals surface area contributed by atoms with E-state index in [1.807, 2.05) is 0 Å². The number of hydrogen-bond acceptors (Lipinski definition) is 6. The molecule has 0 saturated carbocycles. The first kappa shape index (κ1) is 22.3. The summed E-state index contributed by atoms with van der Waals surface area (Å²) in [7, 11) is -2.41. The van der Waals surface area contributed by atoms with Crippen molar-refractivity contribution in [2.75, 3.05) is 51.4 Å². The molecule has 4 rings (SSSR count). The van der Waals surface area contributed by atoms with Gasteiger partial charge in [-0.15, -0.1) is 0 Å². The fraction of sp³-hybridized carbons (Fsp3) is 0.364. The lowest BCUT2D eigenvalue weighted by molar-refractivity contribution is -0.135. The SMILES string of the molecule is COc1ccc(CN2CC(=O)N(CC(=O)N3CCOCC3)c3ccccc3S2(=O)=O)cc1. The molecule has 2 aliphatic rings. The van der Waals surface area contributed by atoms with E-state index in [-0.39, 0.29) is 36.1 Å². The number of nitrogens with zero attached hydrogens (tertiary/aromatic N) is 3. The third-order valence-electron chi connectivity index (χ3n) is 5.56. The van der Waals surface area contributed by atoms with Gasteiger partial charge in [-0.25, -0.2) is 8.42 Å². The van der Waals surface area contributed by atoms with E-state index in [0.717, 1.165) is 9.87 Å². The van der Waals surface area contributed by atoms with Crippen LogP contribution in [0, 0.1) is 0 Å². The van der Waals surface area contributed by atoms with Crippen molar-refractivity contribution >= 4 is 27.5 Å². The number of anilines is 1. The number of carbonyl (C=O) groups excluding carboxylic acids is 2. The summed E-state index contributed by atoms with van der Waals surface area (Å²) >= 11 is 0. The van der Waals surface area contributed by atoms with Crippen LogP contribution in [0.1, 0.15) is 5.56 Å². The van der Waals surface area contributed by atoms with Gasteiger partial charge in [-0.3, -0.25) is 9.59 Å². The van der Waals surface area contributed by atoms with Crippen molar-refractivity contribution in [2.45, 2.75) is 11.4 Å². The lowest BCUT2D eigenvalue weighted by atomic mass is 10.2. The molecule has 2 aliphatic heterocycles. The Kier molecular flexibility index (Phi) is 6.45. The van der Waals surface area contributed by atoms with Crippen molar-refractivity contribution < 1.29 is 27.5 Å². The van der Waals surface area contributed by atoms with Gasteiger partial charge >= 0.3 is 0 Å². The minimum Gasteiger partial charge on any atom is -0.497 e. The number of hydrogen-bond donors (Lipinski definition) is 0. The maximum atomic E-state index is 13.4. The molecule has 32 heavy (non-hydrogen) atoms. The van der Waals surface area contributed by atoms with E-state index in [1.165, 1.54) is 11.0 Å². The van der Waals surface area contributed by atoms with Crippen LogP contribution in [0.5, 0.6) is 5.75 Å². The fourth-order valence-corrected chi connectivity index (χ4v) is 5.36. The monoisotopic (exact) mass is 459 g/mol. The van der Waals surface area contributed by atoms with Crippen LogP contribution >= 0.6 is 0 Å². The van der Waals surface area contributed by atoms with Crippen LogP contribution in [-0.2, 0) is 30.9 Å². The minimum atomic E-state index is -3.96. The van der Waals surface area contributed by atoms with Crippen LogP contribution in [0.15, 0.2) is 53.4 Å². The summed E-state index contributed by atoms with van der Waals surface area (Å²) < 4.78 is 38.5. The number of benzene rings is 2. The fourth-order valence-electron chi connectivity index (χ4n) is 3.79. The molecule has 0 aromatic heterocycles. The second-order valence-electron chi connectivity index (χ2n) is 7.56. The first-order valence-electron chi connectivity index (χ1n) is 10.3. The highest BCUT2D eigenvalue weighted by Gasteiger charge is 2.37. The molecule has 2 amide bonds. The van der Waals surface area contributed by atoms with Gasteiger partial charge in [0.25, 0.3) is 0 Å². The van der Waals surface area contributed by atoms with E-state index in [0.29, 0.717) is 32.1 Å². The molecule has 0 aliphatic carbocycles. The number of sulfonamides is 1. The van der Waals surface area contributed by atoms with Crippen molar-refractivity contribution in [3.8, 4) is 5.75 Å². The van der Waals surface area contributed by atoms with Crippen LogP contribution in [0.2, 0.25) is 0 Å². The number of ether oxygens (including phenoxy) is 2. The third kappa shape index (κ3) is 4.47. The van der Waals surface area contributed by atoms with E-state index in [2.05, 4.69) is 0 Å². The molecular formula is C22H25N3O6S. The highest BCUT2D eigenvalue weighted by atomic mass is 32.2. The van der Waals surface area contributed by atoms with Gasteiger partial charge in [0.05, 0.1) is 32.6 Å². The van der Waals surface area contributed by atoms with Gasteiger partial charge in [-0.05, 0) is 29.8 Å². The quantitative estimate of drug-likeness (QED) is 0.664. The zero-order valence-corrected chi connectivity index (χ0v) is 18.6. The Balaban J connectivity index is 1.64. The molecule has 0 radical (unpaired) electrons. The van der Waals surface area contributed by atoms with Gasteiger partial charge in [0.2, 0.25) is 21.8 Å². The summed E-state index contributed by atoms with van der Waals surface area (Å²) in [6.45, 7) is 1.23. The zero-order valence-electron chi connectivity index (χ0n) is 17.8. The number of morpholine rings is 1. The van der Waals surface area contributed by atoms with Gasteiger partial charge in [0.15, 0.2) is 0 Å². The Labute approximate surface area is 187 Å². The standard InChI is InChI=1S/C22H25N3O6S/c1-30-18-8-6-17(7-9-18)14-24-15-22(27)25(16-21(26)23-10-12-31-13-11-23)19-4-2-3-5-20(19)32(24,28)29/h2-9H,10-16H2,1H3. The molecular weight excluding hydrogens is 434 g/mol. The Bertz CT molecular complexity index is 1100. The first-order chi connectivity index (χ1) is 15.4. The predicted molar refractivity (Wildman–Crippen MR) is 117 cm³/mol. The number of rotatable bonds is 5. The van der Waals surface area contributed by atoms with Crippen molar-refractivity contribution in [1.29, 1.82) is 0 Å². The third-order valence-corrected chi connectivity index (χ3v) is 7.40. The van der Waals surface area contributed by atoms with Crippen LogP contribution in [0.4, 0.5) is 5.69 Å². The second kappa shape index (κ2) is 9.27. The summed E-state index contributed by atoms with van der Waals surface area (Å²) in [6.07, 6.45) is 0. The smallest absolute Gasteiger partial charge is 0.245 e. The first-order valence-corrected chi connectivity index (χ1v) is 11.7. The molecule has 9 nitrogen and oxygen atoms in total. The van der Waals surface area contributed by atoms with Crippen molar-refractivity contribution in [3.05, 3.63) is 54.1 Å². The number of methoxy groups -OCH3 is 1. The number of para-hydroxylation sites is 1. The molecule has 0 N–H and O–H groups in total. The predicted octanol–water partition coefficient (Wildman–Crippen LogP) is 1.09. The van der Waals surface area contributed by atoms with E-state index in [4.69, 9.17) is 9.47 Å². The number of fused-ring (bicyclic) bond motifs is 1. The molecule has 0 bridgehead atoms. The summed E-state index contributed by atoms with van der Waals surface area (Å²) in [6, 6.07) is 13.3. The average molecular weight is 460 g/mol. The van der Waals surface area contributed by atoms with Gasteiger partial charge < -0.3 is 19.3 Å². The van der Waals surface area contributed by atoms with Crippen LogP contribution in [-0.4, -0.2) is 75.9 Å². The largest absolute Gasteiger partial charge is 0.497 e. The van der Waals surface area contributed by atoms with Crippen LogP contribution < -0.4 is 9.64 Å². The van der Waals surface area contributed by atoms with Crippen molar-refractivity contribution in [3.63, 3.8) is 0 Å². The maximum absolute atomic E-state index is 13.4. The average Bonchev–Trinajstić information content (AvgIpc) is 2.89. The van der Waals surface area contributed by atoms with Crippen molar-refractivity contribution in [2.24, 2.45) is 0 Å². The second-order valence-corrected chi connectivity index (χ2v) is 9.47. The maximum Gasteiger partial charge on any atom is 0.245 e. The van der Waals surface area contributed by atoms with Crippen LogP contribution in [0.25, 0.3) is 0 Å². The van der Waals surface area contributed by atoms with E-state index >= 15 is 0 Å². The Morgan fingerprint density at radius 1 is 1.06 bits per heavy atom. The molecule has 0 atom stereocenters. The molecule has 0 unspecified atom stereocenters. The Hall–Kier alpha value is -2.95. The molecule has 1 fully saturated rings. The topological polar surface area (TPSA) is 96.5 Å². The number of carbonyl (C=O) groups is 2. The van der Waals surface area contributed by atoms with Gasteiger partial charge in [0.1, 0.15) is 17.2 Å². The van der Waals surface area contributed by atoms with Gasteiger partial charge in [-0.2, -0.15) is 4.31 Å². The van der Waals surface area contributed by atoms with Crippen LogP contribution in [0.3, 0.4) is 0 Å². The molecule has 2 aromatic rings. The van der Waals surface area contributed by atoms with E-state index in [9.17, 15) is 18.0 Å². The lowest BCUT2D eigenvalue weighted by Gasteiger charge is -2.30. The zero-order chi connectivity index (χ0) is 22.7.